The Hall–Kier alpha value is -3.41. The van der Waals surface area contributed by atoms with Crippen LogP contribution in [0.1, 0.15) is 11.5 Å². The van der Waals surface area contributed by atoms with E-state index in [1.807, 2.05) is 66.2 Å². The minimum atomic E-state index is -0.134. The van der Waals surface area contributed by atoms with E-state index in [0.717, 1.165) is 22.6 Å². The van der Waals surface area contributed by atoms with Crippen LogP contribution in [0.15, 0.2) is 65.4 Å². The number of aromatic nitrogens is 3. The summed E-state index contributed by atoms with van der Waals surface area (Å²) in [6.45, 7) is 1.94. The number of carbonyl (C=O) groups excluding carboxylic acids is 1. The van der Waals surface area contributed by atoms with Gasteiger partial charge in [0.25, 0.3) is 0 Å². The lowest BCUT2D eigenvalue weighted by Gasteiger charge is -2.08. The molecule has 2 aromatic heterocycles. The van der Waals surface area contributed by atoms with Gasteiger partial charge in [0.2, 0.25) is 5.91 Å². The molecule has 1 N–H and O–H groups in total. The number of hydrogen-bond donors (Lipinski definition) is 1. The third-order valence-electron chi connectivity index (χ3n) is 4.04. The Kier molecular flexibility index (Phi) is 3.78. The van der Waals surface area contributed by atoms with Crippen LogP contribution in [0.25, 0.3) is 16.7 Å². The molecule has 6 heteroatoms. The summed E-state index contributed by atoms with van der Waals surface area (Å²) >= 11 is 0. The number of nitrogens with zero attached hydrogens (tertiary/aromatic N) is 3. The Balaban J connectivity index is 1.47. The molecule has 0 atom stereocenters. The van der Waals surface area contributed by atoms with Gasteiger partial charge < -0.3 is 14.4 Å². The molecule has 0 aliphatic heterocycles. The van der Waals surface area contributed by atoms with E-state index in [0.29, 0.717) is 11.3 Å². The van der Waals surface area contributed by atoms with Gasteiger partial charge in [-0.1, -0.05) is 17.3 Å². The van der Waals surface area contributed by atoms with Gasteiger partial charge >= 0.3 is 0 Å². The number of para-hydroxylation sites is 1. The number of imidazole rings is 1. The van der Waals surface area contributed by atoms with Gasteiger partial charge in [0, 0.05) is 29.2 Å². The van der Waals surface area contributed by atoms with Crippen LogP contribution >= 0.6 is 0 Å². The molecule has 0 fully saturated rings. The molecule has 0 aliphatic carbocycles. The Morgan fingerprint density at radius 1 is 1.16 bits per heavy atom. The van der Waals surface area contributed by atoms with Crippen LogP contribution in [0.5, 0.6) is 0 Å². The SMILES string of the molecule is Cc1nccn1-c1ccc(NC(=O)Cc2noc3ccccc23)cc1. The average molecular weight is 332 g/mol. The molecule has 0 saturated carbocycles. The van der Waals surface area contributed by atoms with Crippen molar-refractivity contribution in [1.82, 2.24) is 14.7 Å². The first kappa shape index (κ1) is 15.1. The number of rotatable bonds is 4. The van der Waals surface area contributed by atoms with Crippen LogP contribution < -0.4 is 5.32 Å². The molecule has 4 aromatic rings. The standard InChI is InChI=1S/C19H16N4O2/c1-13-20-10-11-23(13)15-8-6-14(7-9-15)21-19(24)12-17-16-4-2-3-5-18(16)25-22-17/h2-11H,12H2,1H3,(H,21,24). The van der Waals surface area contributed by atoms with Crippen molar-refractivity contribution >= 4 is 22.6 Å². The molecule has 1 amide bonds. The lowest BCUT2D eigenvalue weighted by atomic mass is 10.1. The van der Waals surface area contributed by atoms with Gasteiger partial charge in [0.15, 0.2) is 5.58 Å². The Morgan fingerprint density at radius 3 is 2.72 bits per heavy atom. The molecule has 2 heterocycles. The van der Waals surface area contributed by atoms with Crippen molar-refractivity contribution in [3.8, 4) is 5.69 Å². The topological polar surface area (TPSA) is 73.0 Å². The van der Waals surface area contributed by atoms with Crippen molar-refractivity contribution in [2.75, 3.05) is 5.32 Å². The van der Waals surface area contributed by atoms with Crippen molar-refractivity contribution in [1.29, 1.82) is 0 Å². The molecule has 4 rings (SSSR count). The second-order valence-electron chi connectivity index (χ2n) is 5.74. The molecule has 2 aromatic carbocycles. The number of fused-ring (bicyclic) bond motifs is 1. The summed E-state index contributed by atoms with van der Waals surface area (Å²) in [5, 5.41) is 7.74. The number of hydrogen-bond acceptors (Lipinski definition) is 4. The second-order valence-corrected chi connectivity index (χ2v) is 5.74. The highest BCUT2D eigenvalue weighted by Gasteiger charge is 2.12. The van der Waals surface area contributed by atoms with Gasteiger partial charge in [-0.2, -0.15) is 0 Å². The maximum Gasteiger partial charge on any atom is 0.230 e. The summed E-state index contributed by atoms with van der Waals surface area (Å²) in [6.07, 6.45) is 3.82. The van der Waals surface area contributed by atoms with Crippen LogP contribution in [0.3, 0.4) is 0 Å². The van der Waals surface area contributed by atoms with E-state index >= 15 is 0 Å². The Morgan fingerprint density at radius 2 is 1.96 bits per heavy atom. The van der Waals surface area contributed by atoms with Crippen LogP contribution in [0.2, 0.25) is 0 Å². The zero-order valence-corrected chi connectivity index (χ0v) is 13.6. The molecule has 0 aliphatic rings. The van der Waals surface area contributed by atoms with Gasteiger partial charge in [0.05, 0.1) is 6.42 Å². The molecule has 0 saturated heterocycles. The first-order valence-corrected chi connectivity index (χ1v) is 7.94. The van der Waals surface area contributed by atoms with Gasteiger partial charge in [-0.15, -0.1) is 0 Å². The number of benzene rings is 2. The largest absolute Gasteiger partial charge is 0.356 e. The first-order chi connectivity index (χ1) is 12.2. The summed E-state index contributed by atoms with van der Waals surface area (Å²) in [5.41, 5.74) is 3.05. The van der Waals surface area contributed by atoms with Gasteiger partial charge in [-0.25, -0.2) is 4.98 Å². The quantitative estimate of drug-likeness (QED) is 0.621. The van der Waals surface area contributed by atoms with E-state index in [4.69, 9.17) is 4.52 Å². The number of aryl methyl sites for hydroxylation is 1. The van der Waals surface area contributed by atoms with Crippen LogP contribution in [-0.2, 0) is 11.2 Å². The Labute approximate surface area is 144 Å². The zero-order valence-electron chi connectivity index (χ0n) is 13.6. The average Bonchev–Trinajstić information content (AvgIpc) is 3.22. The van der Waals surface area contributed by atoms with Crippen molar-refractivity contribution in [2.24, 2.45) is 0 Å². The minimum Gasteiger partial charge on any atom is -0.356 e. The summed E-state index contributed by atoms with van der Waals surface area (Å²) < 4.78 is 7.21. The smallest absolute Gasteiger partial charge is 0.230 e. The summed E-state index contributed by atoms with van der Waals surface area (Å²) in [7, 11) is 0. The lowest BCUT2D eigenvalue weighted by Crippen LogP contribution is -2.14. The van der Waals surface area contributed by atoms with Crippen molar-refractivity contribution in [2.45, 2.75) is 13.3 Å². The first-order valence-electron chi connectivity index (χ1n) is 7.94. The van der Waals surface area contributed by atoms with E-state index in [1.54, 1.807) is 6.20 Å². The van der Waals surface area contributed by atoms with Crippen molar-refractivity contribution in [3.05, 3.63) is 72.4 Å². The number of nitrogens with one attached hydrogen (secondary N) is 1. The second kappa shape index (κ2) is 6.24. The molecular weight excluding hydrogens is 316 g/mol. The fourth-order valence-corrected chi connectivity index (χ4v) is 2.78. The highest BCUT2D eigenvalue weighted by molar-refractivity contribution is 5.94. The minimum absolute atomic E-state index is 0.134. The molecule has 0 radical (unpaired) electrons. The van der Waals surface area contributed by atoms with Gasteiger partial charge in [0.1, 0.15) is 11.5 Å². The van der Waals surface area contributed by atoms with Crippen LogP contribution in [0.4, 0.5) is 5.69 Å². The molecular formula is C19H16N4O2. The lowest BCUT2D eigenvalue weighted by molar-refractivity contribution is -0.115. The van der Waals surface area contributed by atoms with Gasteiger partial charge in [-0.05, 0) is 43.3 Å². The molecule has 0 bridgehead atoms. The van der Waals surface area contributed by atoms with Crippen molar-refractivity contribution < 1.29 is 9.32 Å². The van der Waals surface area contributed by atoms with E-state index in [2.05, 4.69) is 15.5 Å². The molecule has 6 nitrogen and oxygen atoms in total. The fraction of sp³-hybridized carbons (Fsp3) is 0.105. The van der Waals surface area contributed by atoms with Crippen LogP contribution in [0, 0.1) is 6.92 Å². The third-order valence-corrected chi connectivity index (χ3v) is 4.04. The summed E-state index contributed by atoms with van der Waals surface area (Å²) in [5.74, 6) is 0.778. The Bertz CT molecular complexity index is 1030. The zero-order chi connectivity index (χ0) is 17.2. The van der Waals surface area contributed by atoms with Crippen LogP contribution in [-0.4, -0.2) is 20.6 Å². The van der Waals surface area contributed by atoms with E-state index in [-0.39, 0.29) is 12.3 Å². The third kappa shape index (κ3) is 3.01. The number of anilines is 1. The maximum absolute atomic E-state index is 12.3. The van der Waals surface area contributed by atoms with E-state index < -0.39 is 0 Å². The molecule has 0 unspecified atom stereocenters. The molecule has 25 heavy (non-hydrogen) atoms. The number of carbonyl (C=O) groups is 1. The van der Waals surface area contributed by atoms with Gasteiger partial charge in [-0.3, -0.25) is 4.79 Å². The number of amides is 1. The summed E-state index contributed by atoms with van der Waals surface area (Å²) in [4.78, 5) is 16.5. The fourth-order valence-electron chi connectivity index (χ4n) is 2.78. The monoisotopic (exact) mass is 332 g/mol. The highest BCUT2D eigenvalue weighted by atomic mass is 16.5. The normalized spacial score (nSPS) is 10.9. The maximum atomic E-state index is 12.3. The van der Waals surface area contributed by atoms with E-state index in [9.17, 15) is 4.79 Å². The molecule has 0 spiro atoms. The molecule has 124 valence electrons. The summed E-state index contributed by atoms with van der Waals surface area (Å²) in [6, 6.07) is 15.1. The predicted molar refractivity (Wildman–Crippen MR) is 94.6 cm³/mol. The highest BCUT2D eigenvalue weighted by Crippen LogP contribution is 2.19. The van der Waals surface area contributed by atoms with Crippen molar-refractivity contribution in [3.63, 3.8) is 0 Å². The predicted octanol–water partition coefficient (Wildman–Crippen LogP) is 3.50. The van der Waals surface area contributed by atoms with E-state index in [1.165, 1.54) is 0 Å².